The number of nitrogens with zero attached hydrogens (tertiary/aromatic N) is 2. The molecule has 23 heavy (non-hydrogen) atoms. The van der Waals surface area contributed by atoms with Crippen LogP contribution >= 0.6 is 0 Å². The molecule has 1 aliphatic heterocycles. The van der Waals surface area contributed by atoms with Crippen molar-refractivity contribution >= 4 is 16.9 Å². The van der Waals surface area contributed by atoms with Gasteiger partial charge in [-0.05, 0) is 50.1 Å². The first kappa shape index (κ1) is 14.1. The highest BCUT2D eigenvalue weighted by Gasteiger charge is 2.29. The van der Waals surface area contributed by atoms with E-state index in [1.54, 1.807) is 0 Å². The third-order valence-electron chi connectivity index (χ3n) is 4.64. The number of nitrogens with one attached hydrogen (secondary N) is 1. The van der Waals surface area contributed by atoms with E-state index in [0.717, 1.165) is 47.5 Å². The molecular formula is C18H19N3O2. The van der Waals surface area contributed by atoms with Crippen molar-refractivity contribution in [1.82, 2.24) is 15.1 Å². The Balaban J connectivity index is 1.55. The largest absolute Gasteiger partial charge is 0.461 e. The molecule has 0 aliphatic carbocycles. The van der Waals surface area contributed by atoms with Crippen LogP contribution in [0.15, 0.2) is 34.9 Å². The molecule has 4 rings (SSSR count). The van der Waals surface area contributed by atoms with E-state index < -0.39 is 0 Å². The standard InChI is InChI=1S/C18H19N3O2/c1-11-9-19-20-17(11)14-5-6-21(10-14)18(22)13-3-4-16-15(8-13)7-12(2)23-16/h3-4,7-9,14H,5-6,10H2,1-2H3,(H,19,20)/t14-/m1/s1. The Hall–Kier alpha value is -2.56. The maximum absolute atomic E-state index is 12.8. The van der Waals surface area contributed by atoms with Crippen molar-refractivity contribution in [3.8, 4) is 0 Å². The third kappa shape index (κ3) is 2.42. The summed E-state index contributed by atoms with van der Waals surface area (Å²) in [6, 6.07) is 7.61. The molecule has 0 radical (unpaired) electrons. The number of benzene rings is 1. The van der Waals surface area contributed by atoms with Crippen molar-refractivity contribution < 1.29 is 9.21 Å². The normalized spacial score (nSPS) is 18.0. The van der Waals surface area contributed by atoms with Crippen LogP contribution in [0.4, 0.5) is 0 Å². The van der Waals surface area contributed by atoms with Gasteiger partial charge in [-0.1, -0.05) is 0 Å². The highest BCUT2D eigenvalue weighted by molar-refractivity contribution is 5.98. The summed E-state index contributed by atoms with van der Waals surface area (Å²) in [5.41, 5.74) is 3.87. The molecule has 1 aliphatic rings. The molecule has 0 bridgehead atoms. The van der Waals surface area contributed by atoms with E-state index in [1.807, 2.05) is 42.3 Å². The molecule has 3 aromatic rings. The Morgan fingerprint density at radius 3 is 3.00 bits per heavy atom. The van der Waals surface area contributed by atoms with E-state index in [4.69, 9.17) is 4.42 Å². The third-order valence-corrected chi connectivity index (χ3v) is 4.64. The summed E-state index contributed by atoms with van der Waals surface area (Å²) >= 11 is 0. The summed E-state index contributed by atoms with van der Waals surface area (Å²) in [6.45, 7) is 5.49. The van der Waals surface area contributed by atoms with Gasteiger partial charge in [0.2, 0.25) is 0 Å². The summed E-state index contributed by atoms with van der Waals surface area (Å²) < 4.78 is 5.57. The van der Waals surface area contributed by atoms with Gasteiger partial charge in [-0.15, -0.1) is 0 Å². The molecule has 5 nitrogen and oxygen atoms in total. The molecule has 1 fully saturated rings. The number of carbonyl (C=O) groups excluding carboxylic acids is 1. The fourth-order valence-corrected chi connectivity index (χ4v) is 3.44. The Labute approximate surface area is 134 Å². The first-order valence-electron chi connectivity index (χ1n) is 7.91. The van der Waals surface area contributed by atoms with Gasteiger partial charge in [0, 0.05) is 35.7 Å². The number of likely N-dealkylation sites (tertiary alicyclic amines) is 1. The number of aryl methyl sites for hydroxylation is 2. The molecule has 0 saturated carbocycles. The van der Waals surface area contributed by atoms with Crippen LogP contribution in [-0.4, -0.2) is 34.1 Å². The van der Waals surface area contributed by atoms with E-state index in [-0.39, 0.29) is 5.91 Å². The van der Waals surface area contributed by atoms with Gasteiger partial charge in [0.25, 0.3) is 5.91 Å². The van der Waals surface area contributed by atoms with Crippen LogP contribution in [0.2, 0.25) is 0 Å². The van der Waals surface area contributed by atoms with E-state index in [1.165, 1.54) is 5.56 Å². The van der Waals surface area contributed by atoms with Crippen molar-refractivity contribution in [2.24, 2.45) is 0 Å². The number of carbonyl (C=O) groups is 1. The fraction of sp³-hybridized carbons (Fsp3) is 0.333. The molecular weight excluding hydrogens is 290 g/mol. The van der Waals surface area contributed by atoms with Crippen LogP contribution in [0.3, 0.4) is 0 Å². The summed E-state index contributed by atoms with van der Waals surface area (Å²) in [7, 11) is 0. The van der Waals surface area contributed by atoms with Gasteiger partial charge in [-0.25, -0.2) is 0 Å². The molecule has 0 spiro atoms. The number of aromatic amines is 1. The molecule has 118 valence electrons. The highest BCUT2D eigenvalue weighted by atomic mass is 16.3. The molecule has 1 N–H and O–H groups in total. The van der Waals surface area contributed by atoms with Gasteiger partial charge < -0.3 is 9.32 Å². The Kier molecular flexibility index (Phi) is 3.22. The van der Waals surface area contributed by atoms with Crippen LogP contribution in [0, 0.1) is 13.8 Å². The Morgan fingerprint density at radius 2 is 2.22 bits per heavy atom. The molecule has 1 saturated heterocycles. The second-order valence-electron chi connectivity index (χ2n) is 6.31. The van der Waals surface area contributed by atoms with Crippen LogP contribution in [0.5, 0.6) is 0 Å². The molecule has 1 amide bonds. The zero-order valence-corrected chi connectivity index (χ0v) is 13.3. The molecule has 1 atom stereocenters. The van der Waals surface area contributed by atoms with Gasteiger partial charge in [-0.2, -0.15) is 5.10 Å². The second kappa shape index (κ2) is 5.26. The van der Waals surface area contributed by atoms with Crippen molar-refractivity contribution in [2.45, 2.75) is 26.2 Å². The van der Waals surface area contributed by atoms with Crippen molar-refractivity contribution in [3.05, 3.63) is 53.0 Å². The van der Waals surface area contributed by atoms with Crippen LogP contribution in [0.1, 0.15) is 39.7 Å². The van der Waals surface area contributed by atoms with E-state index in [2.05, 4.69) is 17.1 Å². The van der Waals surface area contributed by atoms with Crippen molar-refractivity contribution in [3.63, 3.8) is 0 Å². The minimum atomic E-state index is 0.0884. The Morgan fingerprint density at radius 1 is 1.35 bits per heavy atom. The van der Waals surface area contributed by atoms with Crippen molar-refractivity contribution in [1.29, 1.82) is 0 Å². The zero-order valence-electron chi connectivity index (χ0n) is 13.3. The second-order valence-corrected chi connectivity index (χ2v) is 6.31. The number of rotatable bonds is 2. The predicted octanol–water partition coefficient (Wildman–Crippen LogP) is 3.40. The number of furan rings is 1. The zero-order chi connectivity index (χ0) is 16.0. The minimum absolute atomic E-state index is 0.0884. The highest BCUT2D eigenvalue weighted by Crippen LogP contribution is 2.29. The number of H-pyrrole nitrogens is 1. The predicted molar refractivity (Wildman–Crippen MR) is 87.5 cm³/mol. The monoisotopic (exact) mass is 309 g/mol. The van der Waals surface area contributed by atoms with Crippen LogP contribution < -0.4 is 0 Å². The fourth-order valence-electron chi connectivity index (χ4n) is 3.44. The number of fused-ring (bicyclic) bond motifs is 1. The summed E-state index contributed by atoms with van der Waals surface area (Å²) in [5, 5.41) is 8.15. The van der Waals surface area contributed by atoms with E-state index in [9.17, 15) is 4.79 Å². The maximum atomic E-state index is 12.8. The van der Waals surface area contributed by atoms with E-state index in [0.29, 0.717) is 5.92 Å². The maximum Gasteiger partial charge on any atom is 0.253 e. The number of amides is 1. The molecule has 3 heterocycles. The smallest absolute Gasteiger partial charge is 0.253 e. The summed E-state index contributed by atoms with van der Waals surface area (Å²) in [6.07, 6.45) is 2.82. The van der Waals surface area contributed by atoms with Gasteiger partial charge in [0.15, 0.2) is 0 Å². The minimum Gasteiger partial charge on any atom is -0.461 e. The average molecular weight is 309 g/mol. The van der Waals surface area contributed by atoms with Gasteiger partial charge in [0.1, 0.15) is 11.3 Å². The molecule has 2 aromatic heterocycles. The lowest BCUT2D eigenvalue weighted by atomic mass is 10.0. The van der Waals surface area contributed by atoms with Gasteiger partial charge in [0.05, 0.1) is 6.20 Å². The van der Waals surface area contributed by atoms with Crippen molar-refractivity contribution in [2.75, 3.05) is 13.1 Å². The molecule has 5 heteroatoms. The number of hydrogen-bond acceptors (Lipinski definition) is 3. The van der Waals surface area contributed by atoms with Gasteiger partial charge >= 0.3 is 0 Å². The SMILES string of the molecule is Cc1cc2cc(C(=O)N3CC[C@@H](c4[nH]ncc4C)C3)ccc2o1. The number of aromatic nitrogens is 2. The van der Waals surface area contributed by atoms with Crippen LogP contribution in [-0.2, 0) is 0 Å². The topological polar surface area (TPSA) is 62.1 Å². The Bertz CT molecular complexity index is 877. The summed E-state index contributed by atoms with van der Waals surface area (Å²) in [5.74, 6) is 1.30. The van der Waals surface area contributed by atoms with Crippen LogP contribution in [0.25, 0.3) is 11.0 Å². The van der Waals surface area contributed by atoms with E-state index >= 15 is 0 Å². The molecule has 0 unspecified atom stereocenters. The average Bonchev–Trinajstić information content (AvgIpc) is 3.23. The first-order chi connectivity index (χ1) is 11.1. The summed E-state index contributed by atoms with van der Waals surface area (Å²) in [4.78, 5) is 14.7. The quantitative estimate of drug-likeness (QED) is 0.789. The lowest BCUT2D eigenvalue weighted by Crippen LogP contribution is -2.28. The lowest BCUT2D eigenvalue weighted by molar-refractivity contribution is 0.0791. The lowest BCUT2D eigenvalue weighted by Gasteiger charge is -2.16. The van der Waals surface area contributed by atoms with Gasteiger partial charge in [-0.3, -0.25) is 9.89 Å². The first-order valence-corrected chi connectivity index (χ1v) is 7.91. The number of hydrogen-bond donors (Lipinski definition) is 1. The molecule has 1 aromatic carbocycles.